The average Bonchev–Trinajstić information content (AvgIpc) is 2.65. The van der Waals surface area contributed by atoms with Crippen LogP contribution >= 0.6 is 0 Å². The predicted molar refractivity (Wildman–Crippen MR) is 57.6 cm³/mol. The maximum absolute atomic E-state index is 11.4. The van der Waals surface area contributed by atoms with Gasteiger partial charge in [0.05, 0.1) is 12.6 Å². The van der Waals surface area contributed by atoms with E-state index in [0.29, 0.717) is 13.2 Å². The molecule has 1 aliphatic heterocycles. The summed E-state index contributed by atoms with van der Waals surface area (Å²) in [6, 6.07) is 8.35. The molecule has 1 heterocycles. The molecular weight excluding hydrogens is 190 g/mol. The fourth-order valence-electron chi connectivity index (χ4n) is 1.78. The third kappa shape index (κ3) is 1.96. The number of nitrogens with zero attached hydrogens (tertiary/aromatic N) is 1. The molecule has 1 amide bonds. The van der Waals surface area contributed by atoms with Crippen LogP contribution in [-0.2, 0) is 4.74 Å². The standard InChI is InChI=1S/C12H15NO2/c1-9-3-5-11(6-4-9)10(2)13-7-8-15-12(13)14/h3-6,10H,7-8H2,1-2H3. The fourth-order valence-corrected chi connectivity index (χ4v) is 1.78. The van der Waals surface area contributed by atoms with Crippen molar-refractivity contribution >= 4 is 6.09 Å². The number of carbonyl (C=O) groups is 1. The number of rotatable bonds is 2. The van der Waals surface area contributed by atoms with E-state index in [1.54, 1.807) is 4.90 Å². The molecule has 1 aliphatic rings. The molecule has 1 aromatic rings. The number of hydrogen-bond donors (Lipinski definition) is 0. The number of benzene rings is 1. The Morgan fingerprint density at radius 1 is 1.33 bits per heavy atom. The van der Waals surface area contributed by atoms with Crippen LogP contribution in [0.3, 0.4) is 0 Å². The molecule has 1 aromatic carbocycles. The van der Waals surface area contributed by atoms with Crippen LogP contribution in [0.2, 0.25) is 0 Å². The van der Waals surface area contributed by atoms with E-state index in [1.807, 2.05) is 6.92 Å². The maximum atomic E-state index is 11.4. The first-order chi connectivity index (χ1) is 7.18. The first kappa shape index (κ1) is 10.0. The van der Waals surface area contributed by atoms with Gasteiger partial charge in [0.15, 0.2) is 0 Å². The van der Waals surface area contributed by atoms with Crippen molar-refractivity contribution in [2.45, 2.75) is 19.9 Å². The van der Waals surface area contributed by atoms with E-state index in [0.717, 1.165) is 5.56 Å². The Balaban J connectivity index is 2.16. The van der Waals surface area contributed by atoms with Crippen molar-refractivity contribution in [3.63, 3.8) is 0 Å². The zero-order chi connectivity index (χ0) is 10.8. The lowest BCUT2D eigenvalue weighted by atomic mass is 10.1. The number of amides is 1. The van der Waals surface area contributed by atoms with Gasteiger partial charge in [0.25, 0.3) is 0 Å². The molecule has 0 bridgehead atoms. The molecule has 0 spiro atoms. The molecule has 1 saturated heterocycles. The molecule has 3 nitrogen and oxygen atoms in total. The molecule has 15 heavy (non-hydrogen) atoms. The van der Waals surface area contributed by atoms with Crippen molar-refractivity contribution in [1.82, 2.24) is 4.90 Å². The Labute approximate surface area is 89.7 Å². The highest BCUT2D eigenvalue weighted by Crippen LogP contribution is 2.23. The second-order valence-corrected chi connectivity index (χ2v) is 3.89. The van der Waals surface area contributed by atoms with E-state index in [4.69, 9.17) is 4.74 Å². The molecule has 1 atom stereocenters. The Hall–Kier alpha value is -1.51. The van der Waals surface area contributed by atoms with Crippen LogP contribution in [0.5, 0.6) is 0 Å². The summed E-state index contributed by atoms with van der Waals surface area (Å²) in [4.78, 5) is 13.1. The summed E-state index contributed by atoms with van der Waals surface area (Å²) >= 11 is 0. The highest BCUT2D eigenvalue weighted by molar-refractivity contribution is 5.70. The van der Waals surface area contributed by atoms with Crippen LogP contribution < -0.4 is 0 Å². The van der Waals surface area contributed by atoms with Gasteiger partial charge in [-0.3, -0.25) is 4.90 Å². The second kappa shape index (κ2) is 3.93. The van der Waals surface area contributed by atoms with Gasteiger partial charge in [-0.15, -0.1) is 0 Å². The smallest absolute Gasteiger partial charge is 0.410 e. The van der Waals surface area contributed by atoms with Gasteiger partial charge in [0, 0.05) is 0 Å². The normalized spacial score (nSPS) is 17.7. The van der Waals surface area contributed by atoms with Crippen LogP contribution in [0.15, 0.2) is 24.3 Å². The van der Waals surface area contributed by atoms with Crippen molar-refractivity contribution in [3.05, 3.63) is 35.4 Å². The monoisotopic (exact) mass is 205 g/mol. The lowest BCUT2D eigenvalue weighted by molar-refractivity contribution is 0.150. The third-order valence-electron chi connectivity index (χ3n) is 2.82. The van der Waals surface area contributed by atoms with Gasteiger partial charge < -0.3 is 4.74 Å². The zero-order valence-electron chi connectivity index (χ0n) is 9.06. The maximum Gasteiger partial charge on any atom is 0.410 e. The molecular formula is C12H15NO2. The average molecular weight is 205 g/mol. The molecule has 0 saturated carbocycles. The summed E-state index contributed by atoms with van der Waals surface area (Å²) in [7, 11) is 0. The van der Waals surface area contributed by atoms with Gasteiger partial charge in [0.1, 0.15) is 6.61 Å². The molecule has 0 radical (unpaired) electrons. The third-order valence-corrected chi connectivity index (χ3v) is 2.82. The van der Waals surface area contributed by atoms with Crippen LogP contribution in [-0.4, -0.2) is 24.1 Å². The van der Waals surface area contributed by atoms with Crippen LogP contribution in [0.4, 0.5) is 4.79 Å². The van der Waals surface area contributed by atoms with E-state index in [2.05, 4.69) is 31.2 Å². The molecule has 0 aliphatic carbocycles. The summed E-state index contributed by atoms with van der Waals surface area (Å²) in [5.41, 5.74) is 2.38. The first-order valence-corrected chi connectivity index (χ1v) is 5.18. The van der Waals surface area contributed by atoms with Crippen molar-refractivity contribution < 1.29 is 9.53 Å². The van der Waals surface area contributed by atoms with Gasteiger partial charge >= 0.3 is 6.09 Å². The molecule has 0 N–H and O–H groups in total. The fraction of sp³-hybridized carbons (Fsp3) is 0.417. The summed E-state index contributed by atoms with van der Waals surface area (Å²) in [5, 5.41) is 0. The number of carbonyl (C=O) groups excluding carboxylic acids is 1. The first-order valence-electron chi connectivity index (χ1n) is 5.18. The quantitative estimate of drug-likeness (QED) is 0.742. The largest absolute Gasteiger partial charge is 0.448 e. The summed E-state index contributed by atoms with van der Waals surface area (Å²) < 4.78 is 4.92. The minimum absolute atomic E-state index is 0.0978. The van der Waals surface area contributed by atoms with E-state index < -0.39 is 0 Å². The van der Waals surface area contributed by atoms with Crippen molar-refractivity contribution in [3.8, 4) is 0 Å². The minimum Gasteiger partial charge on any atom is -0.448 e. The Bertz CT molecular complexity index is 358. The zero-order valence-corrected chi connectivity index (χ0v) is 9.06. The lowest BCUT2D eigenvalue weighted by Crippen LogP contribution is -2.27. The second-order valence-electron chi connectivity index (χ2n) is 3.89. The van der Waals surface area contributed by atoms with E-state index in [-0.39, 0.29) is 12.1 Å². The summed E-state index contributed by atoms with van der Waals surface area (Å²) in [6.45, 7) is 5.28. The van der Waals surface area contributed by atoms with E-state index in [1.165, 1.54) is 5.56 Å². The van der Waals surface area contributed by atoms with Crippen LogP contribution in [0.1, 0.15) is 24.1 Å². The molecule has 3 heteroatoms. The lowest BCUT2D eigenvalue weighted by Gasteiger charge is -2.21. The SMILES string of the molecule is Cc1ccc(C(C)N2CCOC2=O)cc1. The van der Waals surface area contributed by atoms with Gasteiger partial charge in [-0.1, -0.05) is 29.8 Å². The predicted octanol–water partition coefficient (Wildman–Crippen LogP) is 2.51. The van der Waals surface area contributed by atoms with Gasteiger partial charge in [-0.05, 0) is 19.4 Å². The highest BCUT2D eigenvalue weighted by atomic mass is 16.6. The van der Waals surface area contributed by atoms with Gasteiger partial charge in [-0.2, -0.15) is 0 Å². The van der Waals surface area contributed by atoms with Crippen molar-refractivity contribution in [2.24, 2.45) is 0 Å². The molecule has 0 aromatic heterocycles. The van der Waals surface area contributed by atoms with Crippen molar-refractivity contribution in [1.29, 1.82) is 0 Å². The molecule has 80 valence electrons. The minimum atomic E-state index is -0.205. The number of aryl methyl sites for hydroxylation is 1. The highest BCUT2D eigenvalue weighted by Gasteiger charge is 2.27. The van der Waals surface area contributed by atoms with E-state index >= 15 is 0 Å². The Kier molecular flexibility index (Phi) is 2.62. The van der Waals surface area contributed by atoms with Crippen LogP contribution in [0, 0.1) is 6.92 Å². The number of ether oxygens (including phenoxy) is 1. The number of hydrogen-bond acceptors (Lipinski definition) is 2. The van der Waals surface area contributed by atoms with Gasteiger partial charge in [0.2, 0.25) is 0 Å². The molecule has 1 fully saturated rings. The van der Waals surface area contributed by atoms with Crippen LogP contribution in [0.25, 0.3) is 0 Å². The topological polar surface area (TPSA) is 29.5 Å². The Morgan fingerprint density at radius 3 is 2.53 bits per heavy atom. The number of cyclic esters (lactones) is 1. The van der Waals surface area contributed by atoms with Gasteiger partial charge in [-0.25, -0.2) is 4.79 Å². The van der Waals surface area contributed by atoms with E-state index in [9.17, 15) is 4.79 Å². The molecule has 1 unspecified atom stereocenters. The molecule has 2 rings (SSSR count). The summed E-state index contributed by atoms with van der Waals surface area (Å²) in [6.07, 6.45) is -0.205. The summed E-state index contributed by atoms with van der Waals surface area (Å²) in [5.74, 6) is 0. The van der Waals surface area contributed by atoms with Crippen molar-refractivity contribution in [2.75, 3.05) is 13.2 Å². The Morgan fingerprint density at radius 2 is 2.00 bits per heavy atom.